The van der Waals surface area contributed by atoms with E-state index in [1.54, 1.807) is 25.3 Å². The monoisotopic (exact) mass is 380 g/mol. The number of thioether (sulfide) groups is 1. The van der Waals surface area contributed by atoms with E-state index in [9.17, 15) is 14.4 Å². The number of amides is 2. The highest BCUT2D eigenvalue weighted by Crippen LogP contribution is 2.32. The molecule has 132 valence electrons. The molecule has 1 aromatic carbocycles. The molecule has 2 N–H and O–H groups in total. The number of hydrogen-bond donors (Lipinski definition) is 2. The molecule has 1 aliphatic heterocycles. The van der Waals surface area contributed by atoms with Gasteiger partial charge in [0.25, 0.3) is 5.91 Å². The van der Waals surface area contributed by atoms with Gasteiger partial charge in [0.15, 0.2) is 0 Å². The molecule has 0 radical (unpaired) electrons. The van der Waals surface area contributed by atoms with Gasteiger partial charge in [0, 0.05) is 13.0 Å². The number of benzene rings is 1. The molecule has 1 fully saturated rings. The molecule has 25 heavy (non-hydrogen) atoms. The predicted molar refractivity (Wildman–Crippen MR) is 98.1 cm³/mol. The third-order valence-electron chi connectivity index (χ3n) is 3.29. The van der Waals surface area contributed by atoms with Crippen LogP contribution in [0, 0.1) is 0 Å². The van der Waals surface area contributed by atoms with Crippen LogP contribution in [0.2, 0.25) is 0 Å². The SMILES string of the molecule is COc1ccc(C=C2SC(=S)N(CCC(=O)NCC(=O)O)C2=O)cc1. The summed E-state index contributed by atoms with van der Waals surface area (Å²) in [4.78, 5) is 36.2. The van der Waals surface area contributed by atoms with Crippen LogP contribution >= 0.6 is 24.0 Å². The van der Waals surface area contributed by atoms with E-state index in [1.807, 2.05) is 12.1 Å². The minimum Gasteiger partial charge on any atom is -0.497 e. The Kier molecular flexibility index (Phi) is 6.54. The molecule has 0 saturated carbocycles. The minimum atomic E-state index is -1.12. The predicted octanol–water partition coefficient (Wildman–Crippen LogP) is 1.49. The number of aliphatic carboxylic acids is 1. The van der Waals surface area contributed by atoms with Crippen molar-refractivity contribution in [1.82, 2.24) is 10.2 Å². The molecule has 9 heteroatoms. The normalized spacial score (nSPS) is 15.6. The van der Waals surface area contributed by atoms with E-state index in [0.29, 0.717) is 9.23 Å². The maximum atomic E-state index is 12.4. The third kappa shape index (κ3) is 5.30. The molecular weight excluding hydrogens is 364 g/mol. The first-order valence-electron chi connectivity index (χ1n) is 7.28. The van der Waals surface area contributed by atoms with E-state index < -0.39 is 18.4 Å². The van der Waals surface area contributed by atoms with Gasteiger partial charge in [-0.25, -0.2) is 0 Å². The molecule has 0 aromatic heterocycles. The second kappa shape index (κ2) is 8.63. The third-order valence-corrected chi connectivity index (χ3v) is 4.66. The van der Waals surface area contributed by atoms with Crippen molar-refractivity contribution in [2.75, 3.05) is 20.2 Å². The zero-order valence-corrected chi connectivity index (χ0v) is 15.0. The number of carboxylic acid groups (broad SMARTS) is 1. The smallest absolute Gasteiger partial charge is 0.322 e. The summed E-state index contributed by atoms with van der Waals surface area (Å²) in [6.07, 6.45) is 1.71. The Morgan fingerprint density at radius 2 is 2.04 bits per heavy atom. The van der Waals surface area contributed by atoms with Crippen molar-refractivity contribution < 1.29 is 24.2 Å². The molecule has 7 nitrogen and oxygen atoms in total. The summed E-state index contributed by atoms with van der Waals surface area (Å²) in [5.41, 5.74) is 0.834. The lowest BCUT2D eigenvalue weighted by Gasteiger charge is -2.13. The molecule has 2 rings (SSSR count). The van der Waals surface area contributed by atoms with Gasteiger partial charge in [0.05, 0.1) is 12.0 Å². The molecule has 1 aliphatic rings. The average molecular weight is 380 g/mol. The van der Waals surface area contributed by atoms with Gasteiger partial charge in [-0.05, 0) is 23.8 Å². The number of ether oxygens (including phenoxy) is 1. The number of carbonyl (C=O) groups excluding carboxylic acids is 2. The number of methoxy groups -OCH3 is 1. The zero-order valence-electron chi connectivity index (χ0n) is 13.4. The summed E-state index contributed by atoms with van der Waals surface area (Å²) in [6, 6.07) is 7.23. The van der Waals surface area contributed by atoms with Crippen molar-refractivity contribution in [3.63, 3.8) is 0 Å². The Hall–Kier alpha value is -2.39. The summed E-state index contributed by atoms with van der Waals surface area (Å²) >= 11 is 6.36. The van der Waals surface area contributed by atoms with E-state index in [0.717, 1.165) is 11.3 Å². The van der Waals surface area contributed by atoms with E-state index >= 15 is 0 Å². The number of carboxylic acids is 1. The first-order chi connectivity index (χ1) is 11.9. The van der Waals surface area contributed by atoms with Crippen molar-refractivity contribution >= 4 is 52.2 Å². The summed E-state index contributed by atoms with van der Waals surface area (Å²) in [7, 11) is 1.58. The molecule has 1 aromatic rings. The average Bonchev–Trinajstić information content (AvgIpc) is 2.85. The minimum absolute atomic E-state index is 0.0183. The lowest BCUT2D eigenvalue weighted by Crippen LogP contribution is -2.35. The van der Waals surface area contributed by atoms with Gasteiger partial charge in [-0.2, -0.15) is 0 Å². The van der Waals surface area contributed by atoms with Crippen LogP contribution in [-0.2, 0) is 14.4 Å². The zero-order chi connectivity index (χ0) is 18.4. The van der Waals surface area contributed by atoms with Crippen molar-refractivity contribution in [3.8, 4) is 5.75 Å². The van der Waals surface area contributed by atoms with Gasteiger partial charge in [-0.3, -0.25) is 19.3 Å². The summed E-state index contributed by atoms with van der Waals surface area (Å²) in [6.45, 7) is -0.343. The van der Waals surface area contributed by atoms with Crippen LogP contribution in [0.4, 0.5) is 0 Å². The van der Waals surface area contributed by atoms with Crippen LogP contribution < -0.4 is 10.1 Å². The highest BCUT2D eigenvalue weighted by Gasteiger charge is 2.32. The molecule has 0 bridgehead atoms. The van der Waals surface area contributed by atoms with Gasteiger partial charge in [0.2, 0.25) is 5.91 Å². The van der Waals surface area contributed by atoms with Gasteiger partial charge in [0.1, 0.15) is 16.6 Å². The van der Waals surface area contributed by atoms with E-state index in [-0.39, 0.29) is 18.9 Å². The summed E-state index contributed by atoms with van der Waals surface area (Å²) in [5.74, 6) is -1.12. The first kappa shape index (κ1) is 18.9. The van der Waals surface area contributed by atoms with E-state index in [4.69, 9.17) is 22.1 Å². The van der Waals surface area contributed by atoms with Gasteiger partial charge >= 0.3 is 5.97 Å². The lowest BCUT2D eigenvalue weighted by atomic mass is 10.2. The highest BCUT2D eigenvalue weighted by atomic mass is 32.2. The van der Waals surface area contributed by atoms with Crippen molar-refractivity contribution in [3.05, 3.63) is 34.7 Å². The number of carbonyl (C=O) groups is 3. The maximum absolute atomic E-state index is 12.4. The Labute approximate surface area is 154 Å². The van der Waals surface area contributed by atoms with Crippen molar-refractivity contribution in [2.45, 2.75) is 6.42 Å². The Balaban J connectivity index is 1.97. The Morgan fingerprint density at radius 1 is 1.36 bits per heavy atom. The molecular formula is C16H16N2O5S2. The van der Waals surface area contributed by atoms with Gasteiger partial charge in [-0.1, -0.05) is 36.1 Å². The van der Waals surface area contributed by atoms with Gasteiger partial charge < -0.3 is 15.2 Å². The Morgan fingerprint density at radius 3 is 2.64 bits per heavy atom. The number of hydrogen-bond acceptors (Lipinski definition) is 6. The molecule has 0 aliphatic carbocycles. The number of thiocarbonyl (C=S) groups is 1. The summed E-state index contributed by atoms with van der Waals surface area (Å²) < 4.78 is 5.46. The van der Waals surface area contributed by atoms with Crippen molar-refractivity contribution in [1.29, 1.82) is 0 Å². The maximum Gasteiger partial charge on any atom is 0.322 e. The largest absolute Gasteiger partial charge is 0.497 e. The summed E-state index contributed by atoms with van der Waals surface area (Å²) in [5, 5.41) is 10.8. The molecule has 0 unspecified atom stereocenters. The topological polar surface area (TPSA) is 95.9 Å². The van der Waals surface area contributed by atoms with Crippen LogP contribution in [0.1, 0.15) is 12.0 Å². The quantitative estimate of drug-likeness (QED) is 0.546. The van der Waals surface area contributed by atoms with Crippen LogP contribution in [-0.4, -0.2) is 52.3 Å². The lowest BCUT2D eigenvalue weighted by molar-refractivity contribution is -0.138. The molecule has 1 saturated heterocycles. The van der Waals surface area contributed by atoms with Crippen LogP contribution in [0.5, 0.6) is 5.75 Å². The molecule has 1 heterocycles. The fourth-order valence-corrected chi connectivity index (χ4v) is 3.33. The fourth-order valence-electron chi connectivity index (χ4n) is 2.02. The van der Waals surface area contributed by atoms with Gasteiger partial charge in [-0.15, -0.1) is 0 Å². The second-order valence-corrected chi connectivity index (χ2v) is 6.70. The van der Waals surface area contributed by atoms with E-state index in [2.05, 4.69) is 5.32 Å². The standard InChI is InChI=1S/C16H16N2O5S2/c1-23-11-4-2-10(3-5-11)8-12-15(22)18(16(24)25-12)7-6-13(19)17-9-14(20)21/h2-5,8H,6-7,9H2,1H3,(H,17,19)(H,20,21). The van der Waals surface area contributed by atoms with Crippen molar-refractivity contribution in [2.24, 2.45) is 0 Å². The first-order valence-corrected chi connectivity index (χ1v) is 8.51. The number of nitrogens with zero attached hydrogens (tertiary/aromatic N) is 1. The van der Waals surface area contributed by atoms with Crippen LogP contribution in [0.15, 0.2) is 29.2 Å². The fraction of sp³-hybridized carbons (Fsp3) is 0.250. The second-order valence-electron chi connectivity index (χ2n) is 5.03. The highest BCUT2D eigenvalue weighted by molar-refractivity contribution is 8.26. The number of rotatable bonds is 7. The van der Waals surface area contributed by atoms with E-state index in [1.165, 1.54) is 16.7 Å². The molecule has 0 atom stereocenters. The molecule has 2 amide bonds. The van der Waals surface area contributed by atoms with Crippen LogP contribution in [0.25, 0.3) is 6.08 Å². The van der Waals surface area contributed by atoms with Crippen LogP contribution in [0.3, 0.4) is 0 Å². The number of nitrogens with one attached hydrogen (secondary N) is 1. The Bertz CT molecular complexity index is 731. The molecule has 0 spiro atoms.